The third-order valence-electron chi connectivity index (χ3n) is 2.58. The summed E-state index contributed by atoms with van der Waals surface area (Å²) in [7, 11) is 1.37. The molecule has 3 heteroatoms. The first-order chi connectivity index (χ1) is 8.22. The summed E-state index contributed by atoms with van der Waals surface area (Å²) in [6.45, 7) is 0. The molecule has 0 amide bonds. The van der Waals surface area contributed by atoms with Gasteiger partial charge in [-0.3, -0.25) is 0 Å². The van der Waals surface area contributed by atoms with Gasteiger partial charge in [0.15, 0.2) is 0 Å². The van der Waals surface area contributed by atoms with Crippen LogP contribution in [0.5, 0.6) is 0 Å². The monoisotopic (exact) mass is 227 g/mol. The van der Waals surface area contributed by atoms with Crippen LogP contribution in [0.15, 0.2) is 48.5 Å². The molecule has 0 spiro atoms. The summed E-state index contributed by atoms with van der Waals surface area (Å²) < 4.78 is 4.64. The van der Waals surface area contributed by atoms with Crippen molar-refractivity contribution in [3.8, 4) is 11.1 Å². The Bertz CT molecular complexity index is 532. The van der Waals surface area contributed by atoms with Crippen LogP contribution in [0.1, 0.15) is 10.4 Å². The van der Waals surface area contributed by atoms with Gasteiger partial charge < -0.3 is 10.5 Å². The number of rotatable bonds is 2. The minimum absolute atomic E-state index is 0.336. The summed E-state index contributed by atoms with van der Waals surface area (Å²) in [5.41, 5.74) is 9.08. The molecule has 0 aromatic heterocycles. The van der Waals surface area contributed by atoms with E-state index < -0.39 is 0 Å². The molecule has 0 aliphatic rings. The maximum Gasteiger partial charge on any atom is 0.337 e. The first kappa shape index (κ1) is 11.2. The number of anilines is 1. The SMILES string of the molecule is COC(=O)c1ccc(-c2ccccc2N)cc1. The van der Waals surface area contributed by atoms with Crippen LogP contribution in [0.25, 0.3) is 11.1 Å². The summed E-state index contributed by atoms with van der Waals surface area (Å²) in [6.07, 6.45) is 0. The Morgan fingerprint density at radius 2 is 1.71 bits per heavy atom. The van der Waals surface area contributed by atoms with E-state index in [-0.39, 0.29) is 5.97 Å². The molecule has 2 rings (SSSR count). The largest absolute Gasteiger partial charge is 0.465 e. The molecule has 0 heterocycles. The van der Waals surface area contributed by atoms with Gasteiger partial charge in [-0.05, 0) is 23.8 Å². The number of methoxy groups -OCH3 is 1. The van der Waals surface area contributed by atoms with Crippen molar-refractivity contribution in [2.24, 2.45) is 0 Å². The van der Waals surface area contributed by atoms with Crippen LogP contribution in [0, 0.1) is 0 Å². The van der Waals surface area contributed by atoms with E-state index in [0.29, 0.717) is 5.56 Å². The van der Waals surface area contributed by atoms with E-state index >= 15 is 0 Å². The Morgan fingerprint density at radius 1 is 1.06 bits per heavy atom. The average Bonchev–Trinajstić information content (AvgIpc) is 2.39. The van der Waals surface area contributed by atoms with Crippen LogP contribution < -0.4 is 5.73 Å². The molecule has 86 valence electrons. The Morgan fingerprint density at radius 3 is 2.29 bits per heavy atom. The topological polar surface area (TPSA) is 52.3 Å². The van der Waals surface area contributed by atoms with E-state index in [9.17, 15) is 4.79 Å². The van der Waals surface area contributed by atoms with Crippen LogP contribution in [0.2, 0.25) is 0 Å². The number of carbonyl (C=O) groups is 1. The van der Waals surface area contributed by atoms with Crippen molar-refractivity contribution in [3.63, 3.8) is 0 Å². The first-order valence-electron chi connectivity index (χ1n) is 5.25. The number of hydrogen-bond acceptors (Lipinski definition) is 3. The molecule has 3 nitrogen and oxygen atoms in total. The van der Waals surface area contributed by atoms with Gasteiger partial charge in [0.25, 0.3) is 0 Å². The second-order valence-corrected chi connectivity index (χ2v) is 3.66. The van der Waals surface area contributed by atoms with Crippen molar-refractivity contribution in [3.05, 3.63) is 54.1 Å². The molecule has 0 bridgehead atoms. The zero-order valence-corrected chi connectivity index (χ0v) is 9.51. The molecule has 2 aromatic carbocycles. The Kier molecular flexibility index (Phi) is 3.10. The molecule has 0 saturated heterocycles. The lowest BCUT2D eigenvalue weighted by Crippen LogP contribution is -2.00. The predicted molar refractivity (Wildman–Crippen MR) is 67.6 cm³/mol. The molecular formula is C14H13NO2. The molecular weight excluding hydrogens is 214 g/mol. The van der Waals surface area contributed by atoms with E-state index in [2.05, 4.69) is 4.74 Å². The standard InChI is InChI=1S/C14H13NO2/c1-17-14(16)11-8-6-10(7-9-11)12-4-2-3-5-13(12)15/h2-9H,15H2,1H3. The summed E-state index contributed by atoms with van der Waals surface area (Å²) >= 11 is 0. The van der Waals surface area contributed by atoms with E-state index in [4.69, 9.17) is 5.73 Å². The van der Waals surface area contributed by atoms with Crippen LogP contribution in [-0.4, -0.2) is 13.1 Å². The zero-order chi connectivity index (χ0) is 12.3. The normalized spacial score (nSPS) is 9.94. The van der Waals surface area contributed by atoms with E-state index in [0.717, 1.165) is 16.8 Å². The maximum absolute atomic E-state index is 11.3. The van der Waals surface area contributed by atoms with Crippen LogP contribution >= 0.6 is 0 Å². The summed E-state index contributed by atoms with van der Waals surface area (Å²) in [4.78, 5) is 11.3. The molecule has 17 heavy (non-hydrogen) atoms. The highest BCUT2D eigenvalue weighted by molar-refractivity contribution is 5.90. The van der Waals surface area contributed by atoms with Crippen molar-refractivity contribution in [1.82, 2.24) is 0 Å². The number of nitrogens with two attached hydrogens (primary N) is 1. The second kappa shape index (κ2) is 4.70. The van der Waals surface area contributed by atoms with Crippen molar-refractivity contribution in [2.45, 2.75) is 0 Å². The zero-order valence-electron chi connectivity index (χ0n) is 9.51. The minimum atomic E-state index is -0.336. The number of nitrogen functional groups attached to an aromatic ring is 1. The fourth-order valence-electron chi connectivity index (χ4n) is 1.66. The molecule has 2 aromatic rings. The van der Waals surface area contributed by atoms with Crippen LogP contribution in [-0.2, 0) is 4.74 Å². The lowest BCUT2D eigenvalue weighted by Gasteiger charge is -2.06. The van der Waals surface area contributed by atoms with Crippen molar-refractivity contribution >= 4 is 11.7 Å². The van der Waals surface area contributed by atoms with Gasteiger partial charge in [0, 0.05) is 11.3 Å². The number of hydrogen-bond donors (Lipinski definition) is 1. The van der Waals surface area contributed by atoms with E-state index in [1.165, 1.54) is 7.11 Å². The molecule has 0 radical (unpaired) electrons. The van der Waals surface area contributed by atoms with Crippen LogP contribution in [0.3, 0.4) is 0 Å². The number of esters is 1. The maximum atomic E-state index is 11.3. The lowest BCUT2D eigenvalue weighted by atomic mass is 10.0. The Hall–Kier alpha value is -2.29. The highest BCUT2D eigenvalue weighted by Crippen LogP contribution is 2.25. The van der Waals surface area contributed by atoms with Crippen molar-refractivity contribution in [2.75, 3.05) is 12.8 Å². The summed E-state index contributed by atoms with van der Waals surface area (Å²) in [5, 5.41) is 0. The number of ether oxygens (including phenoxy) is 1. The Balaban J connectivity index is 2.36. The first-order valence-corrected chi connectivity index (χ1v) is 5.25. The fraction of sp³-hybridized carbons (Fsp3) is 0.0714. The Labute approximate surface area is 99.8 Å². The number of benzene rings is 2. The second-order valence-electron chi connectivity index (χ2n) is 3.66. The summed E-state index contributed by atoms with van der Waals surface area (Å²) in [6, 6.07) is 14.8. The third kappa shape index (κ3) is 2.28. The molecule has 2 N–H and O–H groups in total. The van der Waals surface area contributed by atoms with Gasteiger partial charge in [-0.1, -0.05) is 30.3 Å². The number of carbonyl (C=O) groups excluding carboxylic acids is 1. The predicted octanol–water partition coefficient (Wildman–Crippen LogP) is 2.72. The third-order valence-corrected chi connectivity index (χ3v) is 2.58. The van der Waals surface area contributed by atoms with Gasteiger partial charge >= 0.3 is 5.97 Å². The van der Waals surface area contributed by atoms with Gasteiger partial charge in [0.2, 0.25) is 0 Å². The van der Waals surface area contributed by atoms with Crippen molar-refractivity contribution < 1.29 is 9.53 Å². The van der Waals surface area contributed by atoms with Gasteiger partial charge in [0.1, 0.15) is 0 Å². The van der Waals surface area contributed by atoms with Gasteiger partial charge in [-0.15, -0.1) is 0 Å². The molecule has 0 unspecified atom stereocenters. The van der Waals surface area contributed by atoms with Gasteiger partial charge in [-0.2, -0.15) is 0 Å². The van der Waals surface area contributed by atoms with Crippen molar-refractivity contribution in [1.29, 1.82) is 0 Å². The van der Waals surface area contributed by atoms with Gasteiger partial charge in [-0.25, -0.2) is 4.79 Å². The van der Waals surface area contributed by atoms with Gasteiger partial charge in [0.05, 0.1) is 12.7 Å². The smallest absolute Gasteiger partial charge is 0.337 e. The molecule has 0 saturated carbocycles. The molecule has 0 aliphatic carbocycles. The minimum Gasteiger partial charge on any atom is -0.465 e. The quantitative estimate of drug-likeness (QED) is 0.634. The fourth-order valence-corrected chi connectivity index (χ4v) is 1.66. The van der Waals surface area contributed by atoms with E-state index in [1.54, 1.807) is 12.1 Å². The molecule has 0 aliphatic heterocycles. The highest BCUT2D eigenvalue weighted by atomic mass is 16.5. The van der Waals surface area contributed by atoms with Crippen LogP contribution in [0.4, 0.5) is 5.69 Å². The average molecular weight is 227 g/mol. The molecule has 0 fully saturated rings. The molecule has 0 atom stereocenters. The summed E-state index contributed by atoms with van der Waals surface area (Å²) in [5.74, 6) is -0.336. The number of para-hydroxylation sites is 1. The van der Waals surface area contributed by atoms with E-state index in [1.807, 2.05) is 36.4 Å². The lowest BCUT2D eigenvalue weighted by molar-refractivity contribution is 0.0601. The highest BCUT2D eigenvalue weighted by Gasteiger charge is 2.06.